The molecule has 1 unspecified atom stereocenters. The van der Waals surface area contributed by atoms with Gasteiger partial charge in [0.1, 0.15) is 13.2 Å². The maximum absolute atomic E-state index is 12.2. The number of aliphatic hydroxyl groups is 1. The predicted molar refractivity (Wildman–Crippen MR) is 88.9 cm³/mol. The van der Waals surface area contributed by atoms with E-state index in [-0.39, 0.29) is 12.2 Å². The molecule has 134 valence electrons. The molecule has 2 aromatic heterocycles. The van der Waals surface area contributed by atoms with Crippen LogP contribution in [0.5, 0.6) is 11.5 Å². The minimum atomic E-state index is -0.897. The average molecular weight is 356 g/mol. The van der Waals surface area contributed by atoms with E-state index in [9.17, 15) is 9.90 Å². The van der Waals surface area contributed by atoms with Crippen LogP contribution in [-0.4, -0.2) is 35.9 Å². The zero-order valence-corrected chi connectivity index (χ0v) is 13.7. The Bertz CT molecular complexity index is 902. The first-order valence-electron chi connectivity index (χ1n) is 8.07. The molecule has 0 saturated carbocycles. The van der Waals surface area contributed by atoms with Crippen LogP contribution in [0.4, 0.5) is 0 Å². The van der Waals surface area contributed by atoms with Crippen LogP contribution < -0.4 is 14.8 Å². The van der Waals surface area contributed by atoms with Gasteiger partial charge in [-0.05, 0) is 29.8 Å². The number of amides is 1. The normalized spacial score (nSPS) is 14.0. The average Bonchev–Trinajstić information content (AvgIpc) is 3.36. The second-order valence-electron chi connectivity index (χ2n) is 5.68. The van der Waals surface area contributed by atoms with E-state index in [0.717, 1.165) is 0 Å². The highest BCUT2D eigenvalue weighted by Crippen LogP contribution is 2.32. The minimum absolute atomic E-state index is 0.0153. The van der Waals surface area contributed by atoms with Gasteiger partial charge in [-0.15, -0.1) is 0 Å². The van der Waals surface area contributed by atoms with Crippen LogP contribution in [-0.2, 0) is 0 Å². The lowest BCUT2D eigenvalue weighted by Gasteiger charge is -2.20. The largest absolute Gasteiger partial charge is 0.486 e. The molecule has 4 rings (SSSR count). The summed E-state index contributed by atoms with van der Waals surface area (Å²) in [6.45, 7) is 0.984. The lowest BCUT2D eigenvalue weighted by molar-refractivity contribution is 0.0907. The van der Waals surface area contributed by atoms with Crippen molar-refractivity contribution in [2.75, 3.05) is 19.8 Å². The topological polar surface area (TPSA) is 107 Å². The Kier molecular flexibility index (Phi) is 4.32. The molecule has 8 nitrogen and oxygen atoms in total. The maximum Gasteiger partial charge on any atom is 0.273 e. The molecule has 8 heteroatoms. The first-order chi connectivity index (χ1) is 12.7. The van der Waals surface area contributed by atoms with Gasteiger partial charge in [0, 0.05) is 12.6 Å². The van der Waals surface area contributed by atoms with Gasteiger partial charge in [0.05, 0.1) is 12.4 Å². The Morgan fingerprint density at radius 2 is 2.00 bits per heavy atom. The third-order valence-electron chi connectivity index (χ3n) is 3.91. The van der Waals surface area contributed by atoms with Gasteiger partial charge < -0.3 is 28.8 Å². The molecule has 0 radical (unpaired) electrons. The van der Waals surface area contributed by atoms with Crippen molar-refractivity contribution in [3.05, 3.63) is 53.9 Å². The van der Waals surface area contributed by atoms with Crippen molar-refractivity contribution >= 4 is 5.91 Å². The third kappa shape index (κ3) is 3.27. The maximum atomic E-state index is 12.2. The number of ether oxygens (including phenoxy) is 2. The summed E-state index contributed by atoms with van der Waals surface area (Å²) in [5.74, 6) is 1.60. The highest BCUT2D eigenvalue weighted by atomic mass is 16.6. The van der Waals surface area contributed by atoms with Gasteiger partial charge in [0.25, 0.3) is 5.91 Å². The van der Waals surface area contributed by atoms with E-state index in [4.69, 9.17) is 18.4 Å². The second-order valence-corrected chi connectivity index (χ2v) is 5.68. The van der Waals surface area contributed by atoms with Gasteiger partial charge in [-0.25, -0.2) is 0 Å². The lowest BCUT2D eigenvalue weighted by Crippen LogP contribution is -2.28. The Morgan fingerprint density at radius 3 is 2.81 bits per heavy atom. The van der Waals surface area contributed by atoms with Gasteiger partial charge in [-0.3, -0.25) is 4.79 Å². The van der Waals surface area contributed by atoms with Crippen LogP contribution in [0.25, 0.3) is 11.5 Å². The summed E-state index contributed by atoms with van der Waals surface area (Å²) in [5.41, 5.74) is 0.719. The summed E-state index contributed by atoms with van der Waals surface area (Å²) in [7, 11) is 0. The molecule has 0 bridgehead atoms. The fourth-order valence-corrected chi connectivity index (χ4v) is 2.58. The first kappa shape index (κ1) is 16.2. The van der Waals surface area contributed by atoms with Crippen LogP contribution in [0.3, 0.4) is 0 Å². The van der Waals surface area contributed by atoms with Gasteiger partial charge >= 0.3 is 0 Å². The van der Waals surface area contributed by atoms with Crippen LogP contribution >= 0.6 is 0 Å². The standard InChI is InChI=1S/C18H16N2O6/c21-13(11-3-4-15-16(8-11)25-7-6-24-15)10-19-18(22)12-9-17(26-20-12)14-2-1-5-23-14/h1-5,8-9,13,21H,6-7,10H2,(H,19,22). The van der Waals surface area contributed by atoms with E-state index < -0.39 is 12.0 Å². The van der Waals surface area contributed by atoms with Crippen molar-refractivity contribution in [2.24, 2.45) is 0 Å². The molecule has 0 saturated heterocycles. The third-order valence-corrected chi connectivity index (χ3v) is 3.91. The van der Waals surface area contributed by atoms with Crippen molar-refractivity contribution in [1.29, 1.82) is 0 Å². The smallest absolute Gasteiger partial charge is 0.273 e. The van der Waals surface area contributed by atoms with Crippen LogP contribution in [0.2, 0.25) is 0 Å². The van der Waals surface area contributed by atoms with Gasteiger partial charge in [-0.2, -0.15) is 0 Å². The van der Waals surface area contributed by atoms with E-state index in [1.807, 2.05) is 0 Å². The second kappa shape index (κ2) is 6.93. The quantitative estimate of drug-likeness (QED) is 0.721. The molecule has 3 heterocycles. The number of nitrogens with one attached hydrogen (secondary N) is 1. The van der Waals surface area contributed by atoms with Crippen LogP contribution in [0.15, 0.2) is 51.6 Å². The number of rotatable bonds is 5. The number of aliphatic hydroxyl groups excluding tert-OH is 1. The predicted octanol–water partition coefficient (Wildman–Crippen LogP) is 2.17. The van der Waals surface area contributed by atoms with E-state index in [0.29, 0.717) is 41.8 Å². The fraction of sp³-hybridized carbons (Fsp3) is 0.222. The molecule has 0 fully saturated rings. The van der Waals surface area contributed by atoms with Crippen molar-refractivity contribution < 1.29 is 28.3 Å². The number of fused-ring (bicyclic) bond motifs is 1. The van der Waals surface area contributed by atoms with Crippen LogP contribution in [0, 0.1) is 0 Å². The van der Waals surface area contributed by atoms with E-state index >= 15 is 0 Å². The Labute approximate surface area is 148 Å². The van der Waals surface area contributed by atoms with Gasteiger partial charge in [-0.1, -0.05) is 11.2 Å². The monoisotopic (exact) mass is 356 g/mol. The molecule has 3 aromatic rings. The number of carbonyl (C=O) groups excluding carboxylic acids is 1. The molecular weight excluding hydrogens is 340 g/mol. The molecule has 26 heavy (non-hydrogen) atoms. The summed E-state index contributed by atoms with van der Waals surface area (Å²) < 4.78 is 21.2. The zero-order valence-electron chi connectivity index (χ0n) is 13.7. The summed E-state index contributed by atoms with van der Waals surface area (Å²) in [6, 6.07) is 10.1. The van der Waals surface area contributed by atoms with Gasteiger partial charge in [0.2, 0.25) is 5.76 Å². The highest BCUT2D eigenvalue weighted by molar-refractivity contribution is 5.92. The number of aromatic nitrogens is 1. The number of carbonyl (C=O) groups is 1. The first-order valence-corrected chi connectivity index (χ1v) is 8.07. The SMILES string of the molecule is O=C(NCC(O)c1ccc2c(c1)OCCO2)c1cc(-c2ccco2)on1. The number of hydrogen-bond donors (Lipinski definition) is 2. The number of hydrogen-bond acceptors (Lipinski definition) is 7. The van der Waals surface area contributed by atoms with E-state index in [1.54, 1.807) is 30.3 Å². The summed E-state index contributed by atoms with van der Waals surface area (Å²) in [5, 5.41) is 16.6. The molecule has 0 spiro atoms. The molecular formula is C18H16N2O6. The van der Waals surface area contributed by atoms with Crippen molar-refractivity contribution in [3.63, 3.8) is 0 Å². The highest BCUT2D eigenvalue weighted by Gasteiger charge is 2.18. The summed E-state index contributed by atoms with van der Waals surface area (Å²) in [4.78, 5) is 12.2. The Balaban J connectivity index is 1.38. The molecule has 1 aliphatic heterocycles. The van der Waals surface area contributed by atoms with Crippen LogP contribution in [0.1, 0.15) is 22.2 Å². The van der Waals surface area contributed by atoms with Gasteiger partial charge in [0.15, 0.2) is 23.0 Å². The fourth-order valence-electron chi connectivity index (χ4n) is 2.58. The Hall–Kier alpha value is -3.26. The molecule has 1 atom stereocenters. The number of nitrogens with zero attached hydrogens (tertiary/aromatic N) is 1. The zero-order chi connectivity index (χ0) is 17.9. The van der Waals surface area contributed by atoms with Crippen molar-refractivity contribution in [3.8, 4) is 23.0 Å². The Morgan fingerprint density at radius 1 is 1.15 bits per heavy atom. The lowest BCUT2D eigenvalue weighted by atomic mass is 10.1. The van der Waals surface area contributed by atoms with E-state index in [1.165, 1.54) is 12.3 Å². The molecule has 0 aliphatic carbocycles. The van der Waals surface area contributed by atoms with Crippen molar-refractivity contribution in [1.82, 2.24) is 10.5 Å². The minimum Gasteiger partial charge on any atom is -0.486 e. The number of furan rings is 1. The summed E-state index contributed by atoms with van der Waals surface area (Å²) in [6.07, 6.45) is 0.604. The molecule has 1 aromatic carbocycles. The summed E-state index contributed by atoms with van der Waals surface area (Å²) >= 11 is 0. The molecule has 2 N–H and O–H groups in total. The molecule has 1 amide bonds. The van der Waals surface area contributed by atoms with E-state index in [2.05, 4.69) is 10.5 Å². The molecule has 1 aliphatic rings. The number of benzene rings is 1. The van der Waals surface area contributed by atoms with Crippen molar-refractivity contribution in [2.45, 2.75) is 6.10 Å².